The van der Waals surface area contributed by atoms with E-state index in [4.69, 9.17) is 0 Å². The average Bonchev–Trinajstić information content (AvgIpc) is 3.34. The predicted molar refractivity (Wildman–Crippen MR) is 80.4 cm³/mol. The molecule has 0 bridgehead atoms. The van der Waals surface area contributed by atoms with Crippen LogP contribution < -0.4 is 0 Å². The second-order valence-electron chi connectivity index (χ2n) is 6.59. The summed E-state index contributed by atoms with van der Waals surface area (Å²) in [7, 11) is 0. The van der Waals surface area contributed by atoms with Crippen molar-refractivity contribution < 1.29 is 9.90 Å². The summed E-state index contributed by atoms with van der Waals surface area (Å²) in [5.74, 6) is 2.57. The molecule has 2 aliphatic rings. The summed E-state index contributed by atoms with van der Waals surface area (Å²) in [4.78, 5) is 15.9. The molecule has 4 nitrogen and oxygen atoms in total. The van der Waals surface area contributed by atoms with Gasteiger partial charge in [0.15, 0.2) is 0 Å². The van der Waals surface area contributed by atoms with Gasteiger partial charge in [-0.15, -0.1) is 0 Å². The lowest BCUT2D eigenvalue weighted by molar-refractivity contribution is 0.0699. The van der Waals surface area contributed by atoms with E-state index in [9.17, 15) is 9.90 Å². The molecule has 4 rings (SSSR count). The van der Waals surface area contributed by atoms with Gasteiger partial charge in [-0.25, -0.2) is 9.78 Å². The van der Waals surface area contributed by atoms with Gasteiger partial charge >= 0.3 is 5.97 Å². The van der Waals surface area contributed by atoms with Gasteiger partial charge in [-0.3, -0.25) is 0 Å². The summed E-state index contributed by atoms with van der Waals surface area (Å²) in [6.07, 6.45) is 5.47. The van der Waals surface area contributed by atoms with Crippen molar-refractivity contribution >= 4 is 17.0 Å². The number of aromatic carboxylic acids is 1. The Labute approximate surface area is 123 Å². The number of imidazole rings is 1. The van der Waals surface area contributed by atoms with Gasteiger partial charge in [0.2, 0.25) is 0 Å². The van der Waals surface area contributed by atoms with E-state index in [-0.39, 0.29) is 0 Å². The van der Waals surface area contributed by atoms with E-state index in [1.54, 1.807) is 6.07 Å². The summed E-state index contributed by atoms with van der Waals surface area (Å²) in [5.41, 5.74) is 1.91. The van der Waals surface area contributed by atoms with Crippen LogP contribution in [0, 0.1) is 24.7 Å². The van der Waals surface area contributed by atoms with Crippen molar-refractivity contribution in [1.29, 1.82) is 0 Å². The predicted octanol–water partition coefficient (Wildman–Crippen LogP) is 3.48. The van der Waals surface area contributed by atoms with Crippen LogP contribution in [0.2, 0.25) is 0 Å². The molecule has 21 heavy (non-hydrogen) atoms. The fourth-order valence-corrected chi connectivity index (χ4v) is 3.61. The van der Waals surface area contributed by atoms with Crippen molar-refractivity contribution in [2.45, 2.75) is 39.2 Å². The molecule has 1 aromatic heterocycles. The van der Waals surface area contributed by atoms with E-state index in [0.29, 0.717) is 11.1 Å². The van der Waals surface area contributed by atoms with Gasteiger partial charge in [-0.1, -0.05) is 6.07 Å². The number of carbonyl (C=O) groups is 1. The first-order chi connectivity index (χ1) is 10.1. The molecular weight excluding hydrogens is 264 g/mol. The van der Waals surface area contributed by atoms with Gasteiger partial charge in [-0.05, 0) is 62.5 Å². The van der Waals surface area contributed by atoms with Crippen molar-refractivity contribution in [2.75, 3.05) is 0 Å². The summed E-state index contributed by atoms with van der Waals surface area (Å²) in [6, 6.07) is 5.46. The first kappa shape index (κ1) is 12.9. The van der Waals surface area contributed by atoms with Crippen LogP contribution in [0.5, 0.6) is 0 Å². The van der Waals surface area contributed by atoms with Gasteiger partial charge in [0.25, 0.3) is 0 Å². The molecule has 1 heterocycles. The van der Waals surface area contributed by atoms with E-state index in [1.807, 2.05) is 19.1 Å². The number of rotatable bonds is 5. The topological polar surface area (TPSA) is 55.1 Å². The Balaban J connectivity index is 1.75. The van der Waals surface area contributed by atoms with Crippen molar-refractivity contribution in [3.63, 3.8) is 0 Å². The normalized spacial score (nSPS) is 18.6. The Hall–Kier alpha value is -1.84. The third kappa shape index (κ3) is 2.23. The summed E-state index contributed by atoms with van der Waals surface area (Å²) >= 11 is 0. The highest BCUT2D eigenvalue weighted by atomic mass is 16.4. The number of carboxylic acid groups (broad SMARTS) is 1. The molecule has 1 aromatic carbocycles. The van der Waals surface area contributed by atoms with E-state index in [1.165, 1.54) is 25.7 Å². The molecule has 110 valence electrons. The largest absolute Gasteiger partial charge is 0.478 e. The zero-order valence-electron chi connectivity index (χ0n) is 12.2. The Kier molecular flexibility index (Phi) is 2.81. The molecule has 0 unspecified atom stereocenters. The second-order valence-corrected chi connectivity index (χ2v) is 6.59. The molecule has 0 saturated heterocycles. The van der Waals surface area contributed by atoms with Gasteiger partial charge in [-0.2, -0.15) is 0 Å². The molecule has 0 atom stereocenters. The molecule has 2 saturated carbocycles. The number of aryl methyl sites for hydroxylation is 1. The number of benzene rings is 1. The number of aromatic nitrogens is 2. The highest BCUT2D eigenvalue weighted by Crippen LogP contribution is 2.50. The molecule has 2 aliphatic carbocycles. The van der Waals surface area contributed by atoms with E-state index in [0.717, 1.165) is 35.6 Å². The number of nitrogens with zero attached hydrogens (tertiary/aromatic N) is 2. The molecular formula is C17H20N2O2. The number of fused-ring (bicyclic) bond motifs is 1. The highest BCUT2D eigenvalue weighted by molar-refractivity contribution is 6.01. The first-order valence-electron chi connectivity index (χ1n) is 7.84. The Morgan fingerprint density at radius 1 is 1.33 bits per heavy atom. The lowest BCUT2D eigenvalue weighted by atomic mass is 9.97. The molecule has 2 fully saturated rings. The Bertz CT molecular complexity index is 699. The maximum absolute atomic E-state index is 11.3. The molecule has 1 N–H and O–H groups in total. The smallest absolute Gasteiger partial charge is 0.337 e. The minimum absolute atomic E-state index is 0.309. The van der Waals surface area contributed by atoms with Crippen LogP contribution in [0.15, 0.2) is 18.2 Å². The van der Waals surface area contributed by atoms with Crippen LogP contribution in [-0.2, 0) is 6.54 Å². The Morgan fingerprint density at radius 2 is 2.00 bits per heavy atom. The Morgan fingerprint density at radius 3 is 2.57 bits per heavy atom. The summed E-state index contributed by atoms with van der Waals surface area (Å²) in [6.45, 7) is 2.99. The van der Waals surface area contributed by atoms with Gasteiger partial charge in [0, 0.05) is 6.54 Å². The standard InChI is InChI=1S/C17H20N2O2/c1-10-18-16-13(17(20)21)3-2-4-15(16)19(10)9-14(11-5-6-11)12-7-8-12/h2-4,11-12,14H,5-9H2,1H3,(H,20,21). The minimum atomic E-state index is -0.897. The third-order valence-electron chi connectivity index (χ3n) is 5.05. The quantitative estimate of drug-likeness (QED) is 0.914. The zero-order chi connectivity index (χ0) is 14.6. The SMILES string of the molecule is Cc1nc2c(C(=O)O)cccc2n1CC(C1CC1)C1CC1. The molecule has 0 aliphatic heterocycles. The minimum Gasteiger partial charge on any atom is -0.478 e. The zero-order valence-corrected chi connectivity index (χ0v) is 12.2. The van der Waals surface area contributed by atoms with E-state index in [2.05, 4.69) is 9.55 Å². The number of carboxylic acids is 1. The molecule has 0 radical (unpaired) electrons. The van der Waals surface area contributed by atoms with Crippen LogP contribution in [0.3, 0.4) is 0 Å². The van der Waals surface area contributed by atoms with E-state index >= 15 is 0 Å². The molecule has 0 spiro atoms. The van der Waals surface area contributed by atoms with Crippen LogP contribution in [0.1, 0.15) is 41.9 Å². The van der Waals surface area contributed by atoms with Crippen molar-refractivity contribution in [3.05, 3.63) is 29.6 Å². The maximum atomic E-state index is 11.3. The monoisotopic (exact) mass is 284 g/mol. The van der Waals surface area contributed by atoms with Gasteiger partial charge in [0.1, 0.15) is 11.3 Å². The van der Waals surface area contributed by atoms with E-state index < -0.39 is 5.97 Å². The molecule has 2 aromatic rings. The van der Waals surface area contributed by atoms with Crippen LogP contribution >= 0.6 is 0 Å². The summed E-state index contributed by atoms with van der Waals surface area (Å²) in [5, 5.41) is 9.31. The fourth-order valence-electron chi connectivity index (χ4n) is 3.61. The lowest BCUT2D eigenvalue weighted by Gasteiger charge is -2.18. The van der Waals surface area contributed by atoms with Crippen LogP contribution in [0.4, 0.5) is 0 Å². The maximum Gasteiger partial charge on any atom is 0.337 e. The number of hydrogen-bond acceptors (Lipinski definition) is 2. The summed E-state index contributed by atoms with van der Waals surface area (Å²) < 4.78 is 2.24. The lowest BCUT2D eigenvalue weighted by Crippen LogP contribution is -2.16. The van der Waals surface area contributed by atoms with Crippen molar-refractivity contribution in [2.24, 2.45) is 17.8 Å². The number of hydrogen-bond donors (Lipinski definition) is 1. The third-order valence-corrected chi connectivity index (χ3v) is 5.05. The van der Waals surface area contributed by atoms with Crippen molar-refractivity contribution in [1.82, 2.24) is 9.55 Å². The van der Waals surface area contributed by atoms with Crippen LogP contribution in [-0.4, -0.2) is 20.6 Å². The van der Waals surface area contributed by atoms with Crippen LogP contribution in [0.25, 0.3) is 11.0 Å². The van der Waals surface area contributed by atoms with Gasteiger partial charge in [0.05, 0.1) is 11.1 Å². The van der Waals surface area contributed by atoms with Crippen molar-refractivity contribution in [3.8, 4) is 0 Å². The molecule has 0 amide bonds. The second kappa shape index (κ2) is 4.58. The molecule has 4 heteroatoms. The first-order valence-corrected chi connectivity index (χ1v) is 7.84. The fraction of sp³-hybridized carbons (Fsp3) is 0.529. The average molecular weight is 284 g/mol. The van der Waals surface area contributed by atoms with Gasteiger partial charge < -0.3 is 9.67 Å². The highest BCUT2D eigenvalue weighted by Gasteiger charge is 2.41. The number of para-hydroxylation sites is 1.